The highest BCUT2D eigenvalue weighted by Gasteiger charge is 2.48. The van der Waals surface area contributed by atoms with E-state index in [9.17, 15) is 19.2 Å². The monoisotopic (exact) mass is 1350 g/mol. The van der Waals surface area contributed by atoms with E-state index in [1.807, 2.05) is 41.5 Å². The number of amides is 4. The summed E-state index contributed by atoms with van der Waals surface area (Å²) in [6.45, 7) is 59.0. The Balaban J connectivity index is 0.000000640. The van der Waals surface area contributed by atoms with Gasteiger partial charge in [-0.1, -0.05) is 142 Å². The highest BCUT2D eigenvalue weighted by molar-refractivity contribution is 5.95. The van der Waals surface area contributed by atoms with Gasteiger partial charge in [0.25, 0.3) is 23.6 Å². The summed E-state index contributed by atoms with van der Waals surface area (Å²) in [6, 6.07) is 3.44. The number of unbranched alkanes of at least 4 members (excludes halogenated alkanes) is 4. The Kier molecular flexibility index (Phi) is 36.9. The number of hydrogen-bond donors (Lipinski definition) is 4. The number of aryl methyl sites for hydroxylation is 4. The minimum absolute atomic E-state index is 0.135. The van der Waals surface area contributed by atoms with Gasteiger partial charge in [0.2, 0.25) is 0 Å². The van der Waals surface area contributed by atoms with Crippen LogP contribution in [0.25, 0.3) is 0 Å². The largest absolute Gasteiger partial charge is 0.361 e. The Morgan fingerprint density at radius 3 is 0.844 bits per heavy atom. The summed E-state index contributed by atoms with van der Waals surface area (Å²) in [7, 11) is 8.60. The molecule has 4 N–H and O–H groups in total. The summed E-state index contributed by atoms with van der Waals surface area (Å²) in [4.78, 5) is 60.3. The van der Waals surface area contributed by atoms with Crippen molar-refractivity contribution in [2.24, 2.45) is 0 Å². The smallest absolute Gasteiger partial charge is 0.274 e. The van der Waals surface area contributed by atoms with Gasteiger partial charge in [-0.05, 0) is 203 Å². The number of aromatic nitrogens is 4. The Morgan fingerprint density at radius 1 is 0.365 bits per heavy atom. The molecule has 0 saturated heterocycles. The first-order valence-corrected chi connectivity index (χ1v) is 36.7. The maximum absolute atomic E-state index is 12.8. The summed E-state index contributed by atoms with van der Waals surface area (Å²) in [6.07, 6.45) is 18.3. The Hall–Kier alpha value is -5.44. The molecule has 4 aromatic rings. The quantitative estimate of drug-likeness (QED) is 0.0327. The molecule has 4 amide bonds. The van der Waals surface area contributed by atoms with Gasteiger partial charge in [0.1, 0.15) is 23.0 Å². The van der Waals surface area contributed by atoms with Crippen LogP contribution < -0.4 is 21.3 Å². The van der Waals surface area contributed by atoms with Crippen molar-refractivity contribution in [3.8, 4) is 0 Å². The van der Waals surface area contributed by atoms with Gasteiger partial charge in [0, 0.05) is 71.1 Å². The van der Waals surface area contributed by atoms with Crippen molar-refractivity contribution in [3.05, 3.63) is 69.1 Å². The molecule has 552 valence electrons. The molecule has 0 saturated carbocycles. The molecule has 0 fully saturated rings. The molecule has 4 aromatic heterocycles. The van der Waals surface area contributed by atoms with Crippen LogP contribution >= 0.6 is 0 Å². The molecule has 20 heteroatoms. The maximum Gasteiger partial charge on any atom is 0.274 e. The van der Waals surface area contributed by atoms with E-state index < -0.39 is 22.2 Å². The van der Waals surface area contributed by atoms with Crippen LogP contribution in [-0.4, -0.2) is 163 Å². The SMILES string of the molecule is CCCCN(C)C(C)(CC)C(C)(C)NC(=O)c1cc(CC)on1.CCCCN(C)C(C)(CC)C(C)(C)NC(=O)c1noc(CC)c1C.CCCCN(C)C(C)(CCC)C(C)(C)NC(=O)c1cc(CC)on1.CCCCN(C)C(C)(CCC)C(C)(C)NC(=O)c1noc(CC)c1C. The lowest BCUT2D eigenvalue weighted by Gasteiger charge is -2.50. The fourth-order valence-electron chi connectivity index (χ4n) is 12.8. The van der Waals surface area contributed by atoms with Gasteiger partial charge in [-0.3, -0.25) is 38.8 Å². The van der Waals surface area contributed by atoms with Crippen LogP contribution in [0.5, 0.6) is 0 Å². The molecular formula is C76H140N12O8. The highest BCUT2D eigenvalue weighted by atomic mass is 16.5. The van der Waals surface area contributed by atoms with Gasteiger partial charge in [-0.25, -0.2) is 0 Å². The molecule has 0 spiro atoms. The van der Waals surface area contributed by atoms with Gasteiger partial charge in [0.05, 0.1) is 22.2 Å². The Bertz CT molecular complexity index is 2920. The van der Waals surface area contributed by atoms with Crippen LogP contribution in [0.4, 0.5) is 0 Å². The van der Waals surface area contributed by atoms with Crippen molar-refractivity contribution in [1.29, 1.82) is 0 Å². The molecule has 0 bridgehead atoms. The van der Waals surface area contributed by atoms with E-state index >= 15 is 0 Å². The van der Waals surface area contributed by atoms with Crippen molar-refractivity contribution < 1.29 is 37.3 Å². The van der Waals surface area contributed by atoms with Gasteiger partial charge in [-0.2, -0.15) is 0 Å². The van der Waals surface area contributed by atoms with E-state index in [0.29, 0.717) is 22.8 Å². The molecule has 4 unspecified atom stereocenters. The standard InChI is InChI=1S/C20H37N3O2.2C19H35N3O2.C18H33N3O2/c1-9-12-14-23(8)20(7,13-10-2)19(5,6)21-18(24)17-15(4)16(11-3)25-22-17;1-9-12-13-22(8)19(7,11-3)18(5,6)20-17(23)16-14(4)15(10-2)24-21-16;1-8-11-13-22(7)19(6,12-9-2)18(4,5)20-17(23)16-14-15(10-3)24-21-16;1-8-11-12-21(7)18(6,10-3)17(4,5)19-16(22)15-13-14(9-2)23-20-15/h9-14H2,1-8H3,(H,21,24);9-13H2,1-8H3,(H,20,23);14H,8-13H2,1-7H3,(H,20,23);13H,8-12H2,1-7H3,(H,19,22). The van der Waals surface area contributed by atoms with Crippen molar-refractivity contribution in [3.63, 3.8) is 0 Å². The first-order valence-electron chi connectivity index (χ1n) is 36.7. The normalized spacial score (nSPS) is 14.7. The van der Waals surface area contributed by atoms with Crippen molar-refractivity contribution >= 4 is 23.6 Å². The lowest BCUT2D eigenvalue weighted by Crippen LogP contribution is -2.66. The number of carbonyl (C=O) groups excluding carboxylic acids is 4. The summed E-state index contributed by atoms with van der Waals surface area (Å²) in [5.41, 5.74) is 1.02. The predicted octanol–water partition coefficient (Wildman–Crippen LogP) is 16.0. The van der Waals surface area contributed by atoms with Gasteiger partial charge in [-0.15, -0.1) is 0 Å². The van der Waals surface area contributed by atoms with E-state index in [4.69, 9.17) is 18.1 Å². The fourth-order valence-corrected chi connectivity index (χ4v) is 12.8. The van der Waals surface area contributed by atoms with Crippen molar-refractivity contribution in [2.75, 3.05) is 54.4 Å². The van der Waals surface area contributed by atoms with Gasteiger partial charge >= 0.3 is 0 Å². The number of hydrogen-bond acceptors (Lipinski definition) is 16. The second kappa shape index (κ2) is 40.0. The minimum atomic E-state index is -0.404. The molecule has 0 aromatic carbocycles. The van der Waals surface area contributed by atoms with E-state index in [0.717, 1.165) is 176 Å². The number of likely N-dealkylation sites (N-methyl/N-ethyl adjacent to an activating group) is 4. The van der Waals surface area contributed by atoms with Crippen LogP contribution in [0.3, 0.4) is 0 Å². The van der Waals surface area contributed by atoms with E-state index in [-0.39, 0.29) is 45.8 Å². The second-order valence-electron chi connectivity index (χ2n) is 29.6. The lowest BCUT2D eigenvalue weighted by atomic mass is 9.76. The summed E-state index contributed by atoms with van der Waals surface area (Å²) >= 11 is 0. The van der Waals surface area contributed by atoms with Crippen LogP contribution in [0.2, 0.25) is 0 Å². The molecule has 4 heterocycles. The summed E-state index contributed by atoms with van der Waals surface area (Å²) in [5, 5.41) is 28.5. The number of nitrogens with one attached hydrogen (secondary N) is 4. The average molecular weight is 1350 g/mol. The van der Waals surface area contributed by atoms with Gasteiger partial charge in [0.15, 0.2) is 22.8 Å². The maximum atomic E-state index is 12.8. The molecule has 96 heavy (non-hydrogen) atoms. The van der Waals surface area contributed by atoms with E-state index in [1.54, 1.807) is 12.1 Å². The topological polar surface area (TPSA) is 233 Å². The first kappa shape index (κ1) is 88.6. The third-order valence-corrected chi connectivity index (χ3v) is 22.1. The van der Waals surface area contributed by atoms with Crippen molar-refractivity contribution in [1.82, 2.24) is 61.5 Å². The molecule has 0 aliphatic rings. The molecule has 0 aliphatic carbocycles. The van der Waals surface area contributed by atoms with E-state index in [1.165, 1.54) is 0 Å². The first-order chi connectivity index (χ1) is 44.7. The van der Waals surface area contributed by atoms with Gasteiger partial charge < -0.3 is 39.4 Å². The summed E-state index contributed by atoms with van der Waals surface area (Å²) in [5.74, 6) is 2.34. The fraction of sp³-hybridized carbons (Fsp3) is 0.789. The number of carbonyl (C=O) groups is 4. The zero-order valence-electron chi connectivity index (χ0n) is 66.6. The van der Waals surface area contributed by atoms with Crippen LogP contribution in [0, 0.1) is 13.8 Å². The average Bonchev–Trinajstić information content (AvgIpc) is 0.856. The summed E-state index contributed by atoms with van der Waals surface area (Å²) < 4.78 is 20.9. The predicted molar refractivity (Wildman–Crippen MR) is 393 cm³/mol. The number of rotatable bonds is 38. The lowest BCUT2D eigenvalue weighted by molar-refractivity contribution is 0.0325. The van der Waals surface area contributed by atoms with E-state index in [2.05, 4.69) is 228 Å². The third kappa shape index (κ3) is 22.8. The zero-order valence-corrected chi connectivity index (χ0v) is 66.6. The zero-order chi connectivity index (χ0) is 73.8. The molecule has 0 aliphatic heterocycles. The molecule has 20 nitrogen and oxygen atoms in total. The Morgan fingerprint density at radius 2 is 0.625 bits per heavy atom. The van der Waals surface area contributed by atoms with Crippen LogP contribution in [-0.2, 0) is 25.7 Å². The van der Waals surface area contributed by atoms with Crippen LogP contribution in [0.1, 0.15) is 332 Å². The molecule has 4 atom stereocenters. The highest BCUT2D eigenvalue weighted by Crippen LogP contribution is 2.36. The third-order valence-electron chi connectivity index (χ3n) is 22.1. The molecular weight excluding hydrogens is 1210 g/mol. The Labute approximate surface area is 583 Å². The minimum Gasteiger partial charge on any atom is -0.361 e. The molecule has 0 radical (unpaired) electrons. The van der Waals surface area contributed by atoms with Crippen molar-refractivity contribution in [2.45, 2.75) is 340 Å². The van der Waals surface area contributed by atoms with Crippen LogP contribution in [0.15, 0.2) is 30.2 Å². The molecule has 4 rings (SSSR count). The second-order valence-corrected chi connectivity index (χ2v) is 29.6. The number of nitrogens with zero attached hydrogens (tertiary/aromatic N) is 8.